The summed E-state index contributed by atoms with van der Waals surface area (Å²) in [6.07, 6.45) is 24.7. The molecule has 184 valence electrons. The van der Waals surface area contributed by atoms with E-state index in [2.05, 4.69) is 40.7 Å². The molecule has 5 heteroatoms. The van der Waals surface area contributed by atoms with Crippen molar-refractivity contribution >= 4 is 11.6 Å². The average molecular weight is 474 g/mol. The van der Waals surface area contributed by atoms with Gasteiger partial charge in [-0.05, 0) is 24.1 Å². The minimum absolute atomic E-state index is 0.201. The second-order valence-electron chi connectivity index (χ2n) is 9.88. The SMILES string of the molecule is CCCCCCCCCCCCCCC1CC(Cn2ccnc2)(c2ccc(Cl)cc2)N(C)O1. The Kier molecular flexibility index (Phi) is 11.2. The van der Waals surface area contributed by atoms with Gasteiger partial charge in [0.2, 0.25) is 0 Å². The average Bonchev–Trinajstić information content (AvgIpc) is 3.43. The maximum Gasteiger partial charge on any atom is 0.0946 e. The lowest BCUT2D eigenvalue weighted by molar-refractivity contribution is -0.176. The van der Waals surface area contributed by atoms with Crippen LogP contribution < -0.4 is 0 Å². The molecule has 2 atom stereocenters. The zero-order valence-electron chi connectivity index (χ0n) is 20.9. The molecule has 0 bridgehead atoms. The summed E-state index contributed by atoms with van der Waals surface area (Å²) < 4.78 is 2.15. The molecule has 0 saturated carbocycles. The molecule has 1 aliphatic heterocycles. The Balaban J connectivity index is 1.39. The highest BCUT2D eigenvalue weighted by atomic mass is 35.5. The predicted molar refractivity (Wildman–Crippen MR) is 138 cm³/mol. The number of unbranched alkanes of at least 4 members (excludes halogenated alkanes) is 11. The maximum atomic E-state index is 6.38. The van der Waals surface area contributed by atoms with Gasteiger partial charge in [0, 0.05) is 37.4 Å². The Morgan fingerprint density at radius 3 is 2.12 bits per heavy atom. The van der Waals surface area contributed by atoms with Gasteiger partial charge in [-0.2, -0.15) is 5.06 Å². The van der Waals surface area contributed by atoms with Gasteiger partial charge in [0.05, 0.1) is 18.0 Å². The van der Waals surface area contributed by atoms with E-state index >= 15 is 0 Å². The number of likely N-dealkylation sites (N-methyl/N-ethyl adjacent to an activating group) is 1. The summed E-state index contributed by atoms with van der Waals surface area (Å²) in [5.74, 6) is 0. The molecule has 2 unspecified atom stereocenters. The topological polar surface area (TPSA) is 30.3 Å². The summed E-state index contributed by atoms with van der Waals surface area (Å²) in [6, 6.07) is 8.26. The van der Waals surface area contributed by atoms with Gasteiger partial charge in [-0.1, -0.05) is 108 Å². The summed E-state index contributed by atoms with van der Waals surface area (Å²) in [4.78, 5) is 10.6. The van der Waals surface area contributed by atoms with Gasteiger partial charge in [-0.25, -0.2) is 4.98 Å². The van der Waals surface area contributed by atoms with Crippen molar-refractivity contribution in [2.75, 3.05) is 7.05 Å². The van der Waals surface area contributed by atoms with E-state index < -0.39 is 0 Å². The van der Waals surface area contributed by atoms with Crippen LogP contribution >= 0.6 is 11.6 Å². The number of nitrogens with zero attached hydrogens (tertiary/aromatic N) is 3. The molecule has 2 heterocycles. The zero-order chi connectivity index (χ0) is 23.4. The van der Waals surface area contributed by atoms with Crippen LogP contribution in [0, 0.1) is 0 Å². The first-order chi connectivity index (χ1) is 16.1. The van der Waals surface area contributed by atoms with Crippen LogP contribution in [0.4, 0.5) is 0 Å². The maximum absolute atomic E-state index is 6.38. The normalized spacial score (nSPS) is 21.1. The Morgan fingerprint density at radius 2 is 1.55 bits per heavy atom. The molecule has 3 rings (SSSR count). The van der Waals surface area contributed by atoms with Gasteiger partial charge < -0.3 is 4.57 Å². The molecule has 0 N–H and O–H groups in total. The van der Waals surface area contributed by atoms with Crippen molar-refractivity contribution in [3.05, 3.63) is 53.6 Å². The van der Waals surface area contributed by atoms with Gasteiger partial charge in [-0.3, -0.25) is 4.84 Å². The minimum Gasteiger partial charge on any atom is -0.335 e. The second kappa shape index (κ2) is 14.1. The third kappa shape index (κ3) is 8.12. The van der Waals surface area contributed by atoms with Crippen molar-refractivity contribution in [2.45, 2.75) is 115 Å². The second-order valence-corrected chi connectivity index (χ2v) is 10.3. The van der Waals surface area contributed by atoms with Crippen LogP contribution in [-0.2, 0) is 16.9 Å². The summed E-state index contributed by atoms with van der Waals surface area (Å²) in [5, 5.41) is 2.85. The molecular weight excluding hydrogens is 430 g/mol. The monoisotopic (exact) mass is 473 g/mol. The molecule has 0 spiro atoms. The van der Waals surface area contributed by atoms with Crippen LogP contribution in [-0.4, -0.2) is 27.8 Å². The largest absolute Gasteiger partial charge is 0.335 e. The fraction of sp³-hybridized carbons (Fsp3) is 0.679. The van der Waals surface area contributed by atoms with Crippen LogP contribution in [0.15, 0.2) is 43.0 Å². The summed E-state index contributed by atoms with van der Waals surface area (Å²) >= 11 is 6.18. The molecule has 1 fully saturated rings. The standard InChI is InChI=1S/C28H44ClN3O/c1-3-4-5-6-7-8-9-10-11-12-13-14-15-27-22-28(31(2)33-27,23-32-21-20-30-24-32)25-16-18-26(29)19-17-25/h16-21,24,27H,3-15,22-23H2,1-2H3. The van der Waals surface area contributed by atoms with Crippen LogP contribution in [0.2, 0.25) is 5.02 Å². The highest BCUT2D eigenvalue weighted by Gasteiger charge is 2.46. The molecule has 1 saturated heterocycles. The Labute approximate surface area is 206 Å². The van der Waals surface area contributed by atoms with Crippen LogP contribution in [0.3, 0.4) is 0 Å². The number of aromatic nitrogens is 2. The van der Waals surface area contributed by atoms with Crippen LogP contribution in [0.5, 0.6) is 0 Å². The van der Waals surface area contributed by atoms with Crippen LogP contribution in [0.1, 0.15) is 102 Å². The summed E-state index contributed by atoms with van der Waals surface area (Å²) in [5.41, 5.74) is 1.05. The molecule has 1 aliphatic rings. The molecule has 0 radical (unpaired) electrons. The lowest BCUT2D eigenvalue weighted by atomic mass is 9.84. The number of hydroxylamine groups is 2. The first kappa shape index (κ1) is 26.2. The first-order valence-electron chi connectivity index (χ1n) is 13.3. The van der Waals surface area contributed by atoms with E-state index in [1.165, 1.54) is 82.6 Å². The van der Waals surface area contributed by atoms with Crippen LogP contribution in [0.25, 0.3) is 0 Å². The highest BCUT2D eigenvalue weighted by Crippen LogP contribution is 2.42. The highest BCUT2D eigenvalue weighted by molar-refractivity contribution is 6.30. The zero-order valence-corrected chi connectivity index (χ0v) is 21.6. The van der Waals surface area contributed by atoms with Crippen molar-refractivity contribution in [3.63, 3.8) is 0 Å². The first-order valence-corrected chi connectivity index (χ1v) is 13.6. The summed E-state index contributed by atoms with van der Waals surface area (Å²) in [6.45, 7) is 3.11. The van der Waals surface area contributed by atoms with E-state index in [1.807, 2.05) is 30.9 Å². The fourth-order valence-corrected chi connectivity index (χ4v) is 5.36. The van der Waals surface area contributed by atoms with E-state index in [0.29, 0.717) is 0 Å². The van der Waals surface area contributed by atoms with Gasteiger partial charge in [0.15, 0.2) is 0 Å². The van der Waals surface area contributed by atoms with E-state index in [-0.39, 0.29) is 11.6 Å². The quantitative estimate of drug-likeness (QED) is 0.230. The number of imidazole rings is 1. The third-order valence-electron chi connectivity index (χ3n) is 7.24. The van der Waals surface area contributed by atoms with E-state index in [0.717, 1.165) is 24.4 Å². The van der Waals surface area contributed by atoms with E-state index in [1.54, 1.807) is 0 Å². The lowest BCUT2D eigenvalue weighted by Crippen LogP contribution is -2.41. The van der Waals surface area contributed by atoms with E-state index in [4.69, 9.17) is 16.4 Å². The molecule has 2 aromatic rings. The number of rotatable bonds is 16. The van der Waals surface area contributed by atoms with Gasteiger partial charge in [0.1, 0.15) is 0 Å². The Hall–Kier alpha value is -1.36. The van der Waals surface area contributed by atoms with Crippen molar-refractivity contribution in [1.29, 1.82) is 0 Å². The lowest BCUT2D eigenvalue weighted by Gasteiger charge is -2.35. The van der Waals surface area contributed by atoms with Crippen molar-refractivity contribution in [1.82, 2.24) is 14.6 Å². The molecule has 1 aromatic heterocycles. The van der Waals surface area contributed by atoms with Gasteiger partial charge >= 0.3 is 0 Å². The smallest absolute Gasteiger partial charge is 0.0946 e. The molecular formula is C28H44ClN3O. The number of hydrogen-bond acceptors (Lipinski definition) is 3. The molecule has 33 heavy (non-hydrogen) atoms. The molecule has 4 nitrogen and oxygen atoms in total. The Morgan fingerprint density at radius 1 is 0.939 bits per heavy atom. The third-order valence-corrected chi connectivity index (χ3v) is 7.49. The van der Waals surface area contributed by atoms with Crippen molar-refractivity contribution < 1.29 is 4.84 Å². The van der Waals surface area contributed by atoms with Crippen molar-refractivity contribution in [2.24, 2.45) is 0 Å². The molecule has 0 amide bonds. The minimum atomic E-state index is -0.201. The number of hydrogen-bond donors (Lipinski definition) is 0. The fourth-order valence-electron chi connectivity index (χ4n) is 5.23. The van der Waals surface area contributed by atoms with Gasteiger partial charge in [0.25, 0.3) is 0 Å². The van der Waals surface area contributed by atoms with Gasteiger partial charge in [-0.15, -0.1) is 0 Å². The van der Waals surface area contributed by atoms with Crippen molar-refractivity contribution in [3.8, 4) is 0 Å². The predicted octanol–water partition coefficient (Wildman–Crippen LogP) is 8.16. The molecule has 1 aromatic carbocycles. The number of benzene rings is 1. The van der Waals surface area contributed by atoms with E-state index in [9.17, 15) is 0 Å². The summed E-state index contributed by atoms with van der Waals surface area (Å²) in [7, 11) is 2.08. The molecule has 0 aliphatic carbocycles. The number of halogens is 1. The Bertz CT molecular complexity index is 764.